The molecule has 0 amide bonds. The highest BCUT2D eigenvalue weighted by atomic mass is 79.9. The van der Waals surface area contributed by atoms with Gasteiger partial charge in [0, 0.05) is 10.9 Å². The second-order valence-corrected chi connectivity index (χ2v) is 4.59. The van der Waals surface area contributed by atoms with Gasteiger partial charge in [0.2, 0.25) is 5.24 Å². The van der Waals surface area contributed by atoms with Gasteiger partial charge in [0.05, 0.1) is 0 Å². The summed E-state index contributed by atoms with van der Waals surface area (Å²) >= 11 is 8.78. The van der Waals surface area contributed by atoms with Crippen molar-refractivity contribution in [3.63, 3.8) is 0 Å². The Morgan fingerprint density at radius 3 is 2.71 bits per heavy atom. The number of hydrogen-bond donors (Lipinski definition) is 0. The lowest BCUT2D eigenvalue weighted by Gasteiger charge is -2.12. The molecule has 0 spiro atoms. The average molecular weight is 276 g/mol. The van der Waals surface area contributed by atoms with Gasteiger partial charge in [-0.3, -0.25) is 4.79 Å². The first-order valence-electron chi connectivity index (χ1n) is 4.54. The van der Waals surface area contributed by atoms with Gasteiger partial charge in [-0.05, 0) is 35.6 Å². The molecule has 3 heteroatoms. The van der Waals surface area contributed by atoms with Crippen LogP contribution in [0.5, 0.6) is 0 Å². The van der Waals surface area contributed by atoms with Crippen molar-refractivity contribution >= 4 is 32.8 Å². The first-order valence-corrected chi connectivity index (χ1v) is 5.71. The van der Waals surface area contributed by atoms with Crippen molar-refractivity contribution in [2.24, 2.45) is 0 Å². The van der Waals surface area contributed by atoms with Gasteiger partial charge in [-0.25, -0.2) is 0 Å². The number of carbonyl (C=O) groups excluding carboxylic acids is 1. The molecule has 0 aliphatic rings. The van der Waals surface area contributed by atoms with E-state index in [-0.39, 0.29) is 5.24 Å². The van der Waals surface area contributed by atoms with Gasteiger partial charge in [0.1, 0.15) is 0 Å². The maximum absolute atomic E-state index is 10.6. The first kappa shape index (κ1) is 11.7. The van der Waals surface area contributed by atoms with E-state index in [1.165, 1.54) is 5.56 Å². The fourth-order valence-electron chi connectivity index (χ4n) is 1.36. The lowest BCUT2D eigenvalue weighted by Crippen LogP contribution is -1.97. The highest BCUT2D eigenvalue weighted by Crippen LogP contribution is 2.27. The Hall–Kier alpha value is -0.340. The molecule has 0 fully saturated rings. The van der Waals surface area contributed by atoms with Crippen LogP contribution in [0.1, 0.15) is 31.2 Å². The Labute approximate surface area is 97.6 Å². The van der Waals surface area contributed by atoms with Crippen LogP contribution in [0.25, 0.3) is 0 Å². The summed E-state index contributed by atoms with van der Waals surface area (Å²) in [5.41, 5.74) is 1.23. The molecule has 0 aliphatic heterocycles. The van der Waals surface area contributed by atoms with Crippen LogP contribution >= 0.6 is 27.5 Å². The molecule has 1 rings (SSSR count). The summed E-state index contributed by atoms with van der Waals surface area (Å²) in [5, 5.41) is -0.260. The number of hydrogen-bond acceptors (Lipinski definition) is 1. The van der Waals surface area contributed by atoms with Gasteiger partial charge in [-0.15, -0.1) is 0 Å². The van der Waals surface area contributed by atoms with Crippen molar-refractivity contribution in [2.75, 3.05) is 0 Å². The molecule has 1 nitrogen and oxygen atoms in total. The molecule has 0 aromatic heterocycles. The van der Waals surface area contributed by atoms with Gasteiger partial charge < -0.3 is 0 Å². The van der Waals surface area contributed by atoms with Crippen LogP contribution < -0.4 is 0 Å². The summed E-state index contributed by atoms with van der Waals surface area (Å²) in [5.74, 6) is 0.355. The standard InChI is InChI=1S/C11H12BrClO/c1-8(6-7-11(13)14)9-4-2-3-5-10(9)12/h2-5,8H,6-7H2,1H3. The average Bonchev–Trinajstić information content (AvgIpc) is 2.15. The molecule has 76 valence electrons. The predicted molar refractivity (Wildman–Crippen MR) is 62.7 cm³/mol. The first-order chi connectivity index (χ1) is 6.61. The normalized spacial score (nSPS) is 12.5. The lowest BCUT2D eigenvalue weighted by atomic mass is 9.97. The fraction of sp³-hybridized carbons (Fsp3) is 0.364. The highest BCUT2D eigenvalue weighted by Gasteiger charge is 2.09. The van der Waals surface area contributed by atoms with E-state index in [0.29, 0.717) is 12.3 Å². The zero-order valence-corrected chi connectivity index (χ0v) is 10.3. The number of benzene rings is 1. The molecule has 1 unspecified atom stereocenters. The van der Waals surface area contributed by atoms with Crippen LogP contribution in [-0.2, 0) is 4.79 Å². The Morgan fingerprint density at radius 1 is 1.50 bits per heavy atom. The zero-order valence-electron chi connectivity index (χ0n) is 7.97. The third-order valence-corrected chi connectivity index (χ3v) is 3.12. The van der Waals surface area contributed by atoms with E-state index in [0.717, 1.165) is 10.9 Å². The molecule has 0 N–H and O–H groups in total. The quantitative estimate of drug-likeness (QED) is 0.756. The van der Waals surface area contributed by atoms with E-state index < -0.39 is 0 Å². The molecule has 0 heterocycles. The molecule has 0 saturated heterocycles. The SMILES string of the molecule is CC(CCC(=O)Cl)c1ccccc1Br. The molecule has 0 bridgehead atoms. The maximum Gasteiger partial charge on any atom is 0.221 e. The molecular weight excluding hydrogens is 263 g/mol. The largest absolute Gasteiger partial charge is 0.281 e. The molecule has 1 atom stereocenters. The van der Waals surface area contributed by atoms with Gasteiger partial charge in [0.15, 0.2) is 0 Å². The maximum atomic E-state index is 10.6. The van der Waals surface area contributed by atoms with Crippen molar-refractivity contribution in [1.29, 1.82) is 0 Å². The van der Waals surface area contributed by atoms with Gasteiger partial charge in [-0.2, -0.15) is 0 Å². The molecule has 0 saturated carbocycles. The van der Waals surface area contributed by atoms with Gasteiger partial charge in [0.25, 0.3) is 0 Å². The molecular formula is C11H12BrClO. The van der Waals surface area contributed by atoms with Crippen LogP contribution in [0.3, 0.4) is 0 Å². The highest BCUT2D eigenvalue weighted by molar-refractivity contribution is 9.10. The van der Waals surface area contributed by atoms with E-state index in [2.05, 4.69) is 28.9 Å². The van der Waals surface area contributed by atoms with E-state index >= 15 is 0 Å². The molecule has 0 aliphatic carbocycles. The molecule has 14 heavy (non-hydrogen) atoms. The van der Waals surface area contributed by atoms with Gasteiger partial charge in [-0.1, -0.05) is 41.1 Å². The number of rotatable bonds is 4. The molecule has 1 aromatic carbocycles. The van der Waals surface area contributed by atoms with Crippen molar-refractivity contribution in [1.82, 2.24) is 0 Å². The molecule has 1 aromatic rings. The smallest absolute Gasteiger partial charge is 0.221 e. The van der Waals surface area contributed by atoms with Crippen molar-refractivity contribution in [2.45, 2.75) is 25.7 Å². The van der Waals surface area contributed by atoms with Crippen LogP contribution in [0.2, 0.25) is 0 Å². The summed E-state index contributed by atoms with van der Waals surface area (Å²) in [6.45, 7) is 2.10. The minimum atomic E-state index is -0.260. The summed E-state index contributed by atoms with van der Waals surface area (Å²) in [4.78, 5) is 10.6. The second kappa shape index (κ2) is 5.52. The summed E-state index contributed by atoms with van der Waals surface area (Å²) in [6.07, 6.45) is 1.23. The van der Waals surface area contributed by atoms with E-state index in [9.17, 15) is 4.79 Å². The monoisotopic (exact) mass is 274 g/mol. The zero-order chi connectivity index (χ0) is 10.6. The van der Waals surface area contributed by atoms with E-state index in [4.69, 9.17) is 11.6 Å². The third kappa shape index (κ3) is 3.43. The van der Waals surface area contributed by atoms with E-state index in [1.54, 1.807) is 0 Å². The van der Waals surface area contributed by atoms with Crippen molar-refractivity contribution in [3.8, 4) is 0 Å². The van der Waals surface area contributed by atoms with Crippen LogP contribution in [0.15, 0.2) is 28.7 Å². The summed E-state index contributed by atoms with van der Waals surface area (Å²) in [6, 6.07) is 8.05. The van der Waals surface area contributed by atoms with Crippen LogP contribution in [0.4, 0.5) is 0 Å². The Kier molecular flexibility index (Phi) is 4.63. The Balaban J connectivity index is 2.65. The minimum Gasteiger partial charge on any atom is -0.281 e. The second-order valence-electron chi connectivity index (χ2n) is 3.32. The number of halogens is 2. The lowest BCUT2D eigenvalue weighted by molar-refractivity contribution is -0.111. The fourth-order valence-corrected chi connectivity index (χ4v) is 2.14. The Bertz CT molecular complexity index is 325. The Morgan fingerprint density at radius 2 is 2.14 bits per heavy atom. The topological polar surface area (TPSA) is 17.1 Å². The van der Waals surface area contributed by atoms with Gasteiger partial charge >= 0.3 is 0 Å². The van der Waals surface area contributed by atoms with Crippen LogP contribution in [0, 0.1) is 0 Å². The van der Waals surface area contributed by atoms with Crippen LogP contribution in [-0.4, -0.2) is 5.24 Å². The minimum absolute atomic E-state index is 0.260. The summed E-state index contributed by atoms with van der Waals surface area (Å²) in [7, 11) is 0. The molecule has 0 radical (unpaired) electrons. The van der Waals surface area contributed by atoms with E-state index in [1.807, 2.05) is 18.2 Å². The van der Waals surface area contributed by atoms with Crippen molar-refractivity contribution in [3.05, 3.63) is 34.3 Å². The third-order valence-electron chi connectivity index (χ3n) is 2.21. The predicted octanol–water partition coefficient (Wildman–Crippen LogP) is 4.10. The number of carbonyl (C=O) groups is 1. The van der Waals surface area contributed by atoms with Crippen molar-refractivity contribution < 1.29 is 4.79 Å². The summed E-state index contributed by atoms with van der Waals surface area (Å²) < 4.78 is 1.09.